The van der Waals surface area contributed by atoms with Gasteiger partial charge in [0.15, 0.2) is 0 Å². The molecule has 0 radical (unpaired) electrons. The average molecular weight is 520 g/mol. The molecule has 37 heavy (non-hydrogen) atoms. The van der Waals surface area contributed by atoms with E-state index in [1.165, 1.54) is 11.6 Å². The van der Waals surface area contributed by atoms with Crippen LogP contribution >= 0.6 is 11.8 Å². The van der Waals surface area contributed by atoms with Gasteiger partial charge in [-0.15, -0.1) is 11.8 Å². The average Bonchev–Trinajstić information content (AvgIpc) is 2.88. The number of hydrogen-bond acceptors (Lipinski definition) is 7. The summed E-state index contributed by atoms with van der Waals surface area (Å²) in [4.78, 5) is 19.0. The fourth-order valence-corrected chi connectivity index (χ4v) is 6.08. The van der Waals surface area contributed by atoms with Crippen molar-refractivity contribution in [3.8, 4) is 6.07 Å². The molecular weight excluding hydrogens is 482 g/mol. The highest BCUT2D eigenvalue weighted by Gasteiger charge is 2.32. The smallest absolute Gasteiger partial charge is 0.247 e. The standard InChI is InChI=1S/C29H37N5O2S/c1-6-27(35)32-22-9-7-21(8-10-22)11-12-37-29-24(14-30)23-13-26(18(2)3)36-17-25(23)28(33-29)34-15-19(4)31-20(5)16-34/h6-10,18-20,26,31H,1,11-13,15-17H2,2-5H3,(H,32,35). The lowest BCUT2D eigenvalue weighted by atomic mass is 9.91. The predicted molar refractivity (Wildman–Crippen MR) is 150 cm³/mol. The summed E-state index contributed by atoms with van der Waals surface area (Å²) in [6.45, 7) is 14.5. The quantitative estimate of drug-likeness (QED) is 0.386. The number of benzene rings is 1. The number of piperazine rings is 1. The van der Waals surface area contributed by atoms with E-state index in [0.29, 0.717) is 30.2 Å². The normalized spacial score (nSPS) is 21.3. The minimum absolute atomic E-state index is 0.105. The van der Waals surface area contributed by atoms with E-state index in [1.54, 1.807) is 11.8 Å². The minimum Gasteiger partial charge on any atom is -0.373 e. The van der Waals surface area contributed by atoms with Crippen LogP contribution in [0.15, 0.2) is 41.9 Å². The summed E-state index contributed by atoms with van der Waals surface area (Å²) in [5.74, 6) is 1.93. The van der Waals surface area contributed by atoms with Crippen molar-refractivity contribution in [2.45, 2.75) is 70.4 Å². The van der Waals surface area contributed by atoms with Crippen molar-refractivity contribution in [1.29, 1.82) is 5.26 Å². The van der Waals surface area contributed by atoms with Crippen molar-refractivity contribution >= 4 is 29.2 Å². The van der Waals surface area contributed by atoms with Crippen LogP contribution in [0.4, 0.5) is 11.5 Å². The van der Waals surface area contributed by atoms with Crippen LogP contribution in [0, 0.1) is 17.2 Å². The van der Waals surface area contributed by atoms with Crippen LogP contribution in [0.25, 0.3) is 0 Å². The number of rotatable bonds is 8. The number of anilines is 2. The molecule has 3 atom stereocenters. The molecule has 0 bridgehead atoms. The molecule has 7 nitrogen and oxygen atoms in total. The van der Waals surface area contributed by atoms with E-state index < -0.39 is 0 Å². The van der Waals surface area contributed by atoms with Gasteiger partial charge in [-0.1, -0.05) is 32.6 Å². The molecule has 0 aliphatic carbocycles. The van der Waals surface area contributed by atoms with Crippen LogP contribution in [-0.4, -0.2) is 47.9 Å². The van der Waals surface area contributed by atoms with Crippen LogP contribution in [0.3, 0.4) is 0 Å². The molecule has 8 heteroatoms. The molecule has 196 valence electrons. The van der Waals surface area contributed by atoms with E-state index in [9.17, 15) is 10.1 Å². The van der Waals surface area contributed by atoms with Gasteiger partial charge >= 0.3 is 0 Å². The number of thioether (sulfide) groups is 1. The Hall–Kier alpha value is -2.86. The van der Waals surface area contributed by atoms with Crippen LogP contribution < -0.4 is 15.5 Å². The molecule has 4 rings (SSSR count). The number of carbonyl (C=O) groups is 1. The molecule has 2 aliphatic rings. The number of nitrogens with one attached hydrogen (secondary N) is 2. The molecular formula is C29H37N5O2S. The fraction of sp³-hybridized carbons (Fsp3) is 0.483. The van der Waals surface area contributed by atoms with Gasteiger partial charge in [0.05, 0.1) is 18.3 Å². The van der Waals surface area contributed by atoms with Crippen LogP contribution in [0.1, 0.15) is 49.9 Å². The minimum atomic E-state index is -0.222. The molecule has 1 saturated heterocycles. The maximum atomic E-state index is 11.5. The van der Waals surface area contributed by atoms with Crippen LogP contribution in [0.5, 0.6) is 0 Å². The lowest BCUT2D eigenvalue weighted by molar-refractivity contribution is -0.111. The Morgan fingerprint density at radius 2 is 2.00 bits per heavy atom. The van der Waals surface area contributed by atoms with Crippen molar-refractivity contribution in [2.75, 3.05) is 29.1 Å². The summed E-state index contributed by atoms with van der Waals surface area (Å²) in [6.07, 6.45) is 2.94. The SMILES string of the molecule is C=CC(=O)Nc1ccc(CCSc2nc(N3CC(C)NC(C)C3)c3c(c2C#N)CC(C(C)C)OC3)cc1. The number of amides is 1. The molecule has 1 amide bonds. The Bertz CT molecular complexity index is 1160. The maximum Gasteiger partial charge on any atom is 0.247 e. The number of nitriles is 1. The third-order valence-corrected chi connectivity index (χ3v) is 7.93. The summed E-state index contributed by atoms with van der Waals surface area (Å²) in [5, 5.41) is 17.4. The predicted octanol–water partition coefficient (Wildman–Crippen LogP) is 4.70. The van der Waals surface area contributed by atoms with Gasteiger partial charge in [0.2, 0.25) is 5.91 Å². The maximum absolute atomic E-state index is 11.5. The van der Waals surface area contributed by atoms with Crippen LogP contribution in [-0.2, 0) is 29.0 Å². The molecule has 2 aliphatic heterocycles. The van der Waals surface area contributed by atoms with E-state index >= 15 is 0 Å². The first-order valence-electron chi connectivity index (χ1n) is 13.0. The first kappa shape index (κ1) is 27.2. The second kappa shape index (κ2) is 12.1. The Morgan fingerprint density at radius 3 is 2.62 bits per heavy atom. The Labute approximate surface area is 224 Å². The monoisotopic (exact) mass is 519 g/mol. The first-order chi connectivity index (χ1) is 17.8. The van der Waals surface area contributed by atoms with Crippen molar-refractivity contribution in [1.82, 2.24) is 10.3 Å². The zero-order valence-electron chi connectivity index (χ0n) is 22.2. The second-order valence-corrected chi connectivity index (χ2v) is 11.4. The molecule has 1 aromatic heterocycles. The largest absolute Gasteiger partial charge is 0.373 e. The Balaban J connectivity index is 1.58. The summed E-state index contributed by atoms with van der Waals surface area (Å²) in [6, 6.07) is 11.0. The molecule has 3 heterocycles. The van der Waals surface area contributed by atoms with Crippen molar-refractivity contribution in [2.24, 2.45) is 5.92 Å². The topological polar surface area (TPSA) is 90.3 Å². The van der Waals surface area contributed by atoms with E-state index in [2.05, 4.69) is 55.9 Å². The lowest BCUT2D eigenvalue weighted by Gasteiger charge is -2.39. The van der Waals surface area contributed by atoms with Crippen molar-refractivity contribution in [3.05, 3.63) is 59.2 Å². The van der Waals surface area contributed by atoms with E-state index in [4.69, 9.17) is 9.72 Å². The van der Waals surface area contributed by atoms with Gasteiger partial charge in [0.25, 0.3) is 0 Å². The third-order valence-electron chi connectivity index (χ3n) is 6.95. The van der Waals surface area contributed by atoms with Gasteiger partial charge in [-0.3, -0.25) is 4.79 Å². The van der Waals surface area contributed by atoms with Crippen molar-refractivity contribution in [3.63, 3.8) is 0 Å². The third kappa shape index (κ3) is 6.53. The number of aryl methyl sites for hydroxylation is 1. The lowest BCUT2D eigenvalue weighted by Crippen LogP contribution is -2.55. The highest BCUT2D eigenvalue weighted by atomic mass is 32.2. The number of aromatic nitrogens is 1. The number of nitrogens with zero attached hydrogens (tertiary/aromatic N) is 3. The zero-order chi connectivity index (χ0) is 26.5. The highest BCUT2D eigenvalue weighted by molar-refractivity contribution is 7.99. The molecule has 1 aromatic carbocycles. The molecule has 0 saturated carbocycles. The second-order valence-electron chi connectivity index (χ2n) is 10.3. The molecule has 2 aromatic rings. The van der Waals surface area contributed by atoms with Gasteiger partial charge < -0.3 is 20.3 Å². The summed E-state index contributed by atoms with van der Waals surface area (Å²) in [7, 11) is 0. The van der Waals surface area contributed by atoms with Crippen molar-refractivity contribution < 1.29 is 9.53 Å². The Kier molecular flexibility index (Phi) is 8.91. The highest BCUT2D eigenvalue weighted by Crippen LogP contribution is 2.37. The van der Waals surface area contributed by atoms with E-state index in [1.807, 2.05) is 24.3 Å². The van der Waals surface area contributed by atoms with E-state index in [-0.39, 0.29) is 12.0 Å². The number of pyridine rings is 1. The number of hydrogen-bond donors (Lipinski definition) is 2. The van der Waals surface area contributed by atoms with E-state index in [0.717, 1.165) is 59.3 Å². The summed E-state index contributed by atoms with van der Waals surface area (Å²) >= 11 is 1.65. The van der Waals surface area contributed by atoms with Crippen LogP contribution in [0.2, 0.25) is 0 Å². The zero-order valence-corrected chi connectivity index (χ0v) is 23.0. The number of ether oxygens (including phenoxy) is 1. The van der Waals surface area contributed by atoms with Gasteiger partial charge in [-0.05, 0) is 55.5 Å². The Morgan fingerprint density at radius 1 is 1.30 bits per heavy atom. The molecule has 3 unspecified atom stereocenters. The number of fused-ring (bicyclic) bond motifs is 1. The molecule has 1 fully saturated rings. The van der Waals surface area contributed by atoms with Gasteiger partial charge in [-0.25, -0.2) is 4.98 Å². The molecule has 0 spiro atoms. The summed E-state index contributed by atoms with van der Waals surface area (Å²) in [5.41, 5.74) is 4.81. The summed E-state index contributed by atoms with van der Waals surface area (Å²) < 4.78 is 6.24. The van der Waals surface area contributed by atoms with Gasteiger partial charge in [0.1, 0.15) is 16.9 Å². The van der Waals surface area contributed by atoms with Gasteiger partial charge in [-0.2, -0.15) is 5.26 Å². The van der Waals surface area contributed by atoms with Gasteiger partial charge in [0, 0.05) is 48.6 Å². The molecule has 2 N–H and O–H groups in total. The number of carbonyl (C=O) groups excluding carboxylic acids is 1. The fourth-order valence-electron chi connectivity index (χ4n) is 5.08. The first-order valence-corrected chi connectivity index (χ1v) is 14.0.